The molecule has 2 bridgehead atoms. The lowest BCUT2D eigenvalue weighted by atomic mass is 9.81. The molecule has 2 aromatic carbocycles. The number of aryl methyl sites for hydroxylation is 1. The number of likely N-dealkylation sites (tertiary alicyclic amines) is 1. The molecule has 1 saturated carbocycles. The number of nitrogen functional groups attached to an aromatic ring is 1. The number of carbonyl (C=O) groups excluding carboxylic acids is 3. The van der Waals surface area contributed by atoms with Gasteiger partial charge in [0.05, 0.1) is 39.6 Å². The van der Waals surface area contributed by atoms with Gasteiger partial charge in [-0.15, -0.1) is 21.5 Å². The summed E-state index contributed by atoms with van der Waals surface area (Å²) in [6, 6.07) is 22.2. The van der Waals surface area contributed by atoms with Crippen molar-refractivity contribution in [3.8, 4) is 33.3 Å². The van der Waals surface area contributed by atoms with E-state index in [9.17, 15) is 24.6 Å². The van der Waals surface area contributed by atoms with Gasteiger partial charge in [-0.1, -0.05) is 55.4 Å². The van der Waals surface area contributed by atoms with E-state index in [2.05, 4.69) is 45.3 Å². The van der Waals surface area contributed by atoms with E-state index in [0.29, 0.717) is 73.6 Å². The summed E-state index contributed by atoms with van der Waals surface area (Å²) >= 11 is 1.59. The molecule has 4 aliphatic heterocycles. The van der Waals surface area contributed by atoms with Gasteiger partial charge in [-0.05, 0) is 80.8 Å². The number of nitrogens with two attached hydrogens (primary N) is 1. The molecule has 392 valence electrons. The number of nitrogens with zero attached hydrogens (tertiary/aromatic N) is 10. The number of aliphatic hydroxyl groups excluding tert-OH is 1. The van der Waals surface area contributed by atoms with E-state index in [4.69, 9.17) is 15.0 Å². The molecule has 5 N–H and O–H groups in total. The Hall–Kier alpha value is -7.32. The number of phenols is 1. The Bertz CT molecular complexity index is 3030. The van der Waals surface area contributed by atoms with Crippen molar-refractivity contribution < 1.29 is 33.9 Å². The quantitative estimate of drug-likeness (QED) is 0.0953. The number of aromatic nitrogens is 5. The van der Waals surface area contributed by atoms with Crippen LogP contribution in [0.2, 0.25) is 0 Å². The summed E-state index contributed by atoms with van der Waals surface area (Å²) in [5, 5.41) is 37.3. The van der Waals surface area contributed by atoms with Gasteiger partial charge in [0, 0.05) is 99.8 Å². The summed E-state index contributed by atoms with van der Waals surface area (Å²) in [5.74, 6) is 0.507. The van der Waals surface area contributed by atoms with Crippen molar-refractivity contribution in [1.29, 1.82) is 0 Å². The molecule has 0 radical (unpaired) electrons. The number of piperazine rings is 2. The van der Waals surface area contributed by atoms with Crippen molar-refractivity contribution in [3.63, 3.8) is 0 Å². The third-order valence-corrected chi connectivity index (χ3v) is 16.8. The number of phenolic OH excluding ortho intramolecular Hbond substituents is 1. The Kier molecular flexibility index (Phi) is 13.8. The lowest BCUT2D eigenvalue weighted by Gasteiger charge is -2.43. The number of benzene rings is 2. The Balaban J connectivity index is 0.653. The minimum Gasteiger partial charge on any atom is -0.507 e. The number of fused-ring (bicyclic) bond motifs is 2. The van der Waals surface area contributed by atoms with E-state index in [1.807, 2.05) is 92.7 Å². The van der Waals surface area contributed by atoms with Crippen LogP contribution in [-0.2, 0) is 14.4 Å². The zero-order valence-electron chi connectivity index (χ0n) is 42.7. The summed E-state index contributed by atoms with van der Waals surface area (Å²) in [6.07, 6.45) is 4.29. The van der Waals surface area contributed by atoms with Crippen LogP contribution in [0.3, 0.4) is 0 Å². The fraction of sp³-hybridized carbons (Fsp3) is 0.455. The maximum absolute atomic E-state index is 14.4. The number of thiazole rings is 1. The Morgan fingerprint density at radius 2 is 1.63 bits per heavy atom. The molecule has 5 aliphatic rings. The summed E-state index contributed by atoms with van der Waals surface area (Å²) in [5.41, 5.74) is 14.2. The smallest absolute Gasteiger partial charge is 0.243 e. The summed E-state index contributed by atoms with van der Waals surface area (Å²) in [7, 11) is 0. The highest BCUT2D eigenvalue weighted by molar-refractivity contribution is 7.13. The normalized spacial score (nSPS) is 23.3. The Labute approximate surface area is 439 Å². The molecule has 4 aromatic heterocycles. The van der Waals surface area contributed by atoms with Crippen LogP contribution in [0.15, 0.2) is 89.0 Å². The Morgan fingerprint density at radius 1 is 0.880 bits per heavy atom. The number of aliphatic hydroxyl groups is 1. The van der Waals surface area contributed by atoms with Crippen LogP contribution in [0, 0.1) is 18.8 Å². The van der Waals surface area contributed by atoms with Gasteiger partial charge in [-0.2, -0.15) is 0 Å². The van der Waals surface area contributed by atoms with E-state index in [1.54, 1.807) is 35.7 Å². The lowest BCUT2D eigenvalue weighted by molar-refractivity contribution is -0.142. The summed E-state index contributed by atoms with van der Waals surface area (Å²) in [6.45, 7) is 11.5. The van der Waals surface area contributed by atoms with E-state index in [-0.39, 0.29) is 72.5 Å². The van der Waals surface area contributed by atoms with Crippen LogP contribution >= 0.6 is 11.3 Å². The van der Waals surface area contributed by atoms with Gasteiger partial charge in [-0.3, -0.25) is 14.4 Å². The van der Waals surface area contributed by atoms with E-state index in [0.717, 1.165) is 59.0 Å². The first-order valence-corrected chi connectivity index (χ1v) is 27.0. The second-order valence-corrected chi connectivity index (χ2v) is 22.0. The predicted molar refractivity (Wildman–Crippen MR) is 284 cm³/mol. The molecule has 11 rings (SSSR count). The van der Waals surface area contributed by atoms with Gasteiger partial charge in [0.1, 0.15) is 23.8 Å². The zero-order chi connectivity index (χ0) is 52.1. The van der Waals surface area contributed by atoms with Crippen molar-refractivity contribution >= 4 is 52.1 Å². The van der Waals surface area contributed by atoms with Crippen LogP contribution in [0.1, 0.15) is 81.9 Å². The third kappa shape index (κ3) is 10.0. The minimum absolute atomic E-state index is 0.0427. The first-order valence-electron chi connectivity index (χ1n) is 26.1. The van der Waals surface area contributed by atoms with Gasteiger partial charge >= 0.3 is 0 Å². The molecule has 3 amide bonds. The van der Waals surface area contributed by atoms with Gasteiger partial charge < -0.3 is 55.0 Å². The van der Waals surface area contributed by atoms with Gasteiger partial charge in [0.25, 0.3) is 0 Å². The Morgan fingerprint density at radius 3 is 2.33 bits per heavy atom. The maximum atomic E-state index is 14.4. The molecule has 8 heterocycles. The second kappa shape index (κ2) is 20.8. The van der Waals surface area contributed by atoms with Crippen molar-refractivity contribution in [2.45, 2.75) is 102 Å². The number of hydrogen-bond donors (Lipinski definition) is 4. The zero-order valence-corrected chi connectivity index (χ0v) is 43.5. The standard InChI is InChI=1S/C55H64N12O7S/c1-31(2)50(55(72)66-29-40(68)24-45(66)53(70)59-32(3)34-9-11-35(12-10-34)51-33(4)58-30-75-51)47-26-48(62-74-47)63-17-19-64(20-18-63)54(71)36-21-41(22-36)73-49-23-37(15-16-57-49)67-38-13-14-39(67)28-65(27-38)44-25-43(60-61-52(44)56)42-7-5-6-8-46(42)69/h5-12,15-16,23,25-26,30-32,36,38-41,45,50,68-69H,13-14,17-22,24,27-29H2,1-4H3,(H2,56,61)(H,59,70)/t32-,36?,38+,39?,40+,41?,45-,50-/m0/s1. The average molecular weight is 1040 g/mol. The lowest BCUT2D eigenvalue weighted by Crippen LogP contribution is -2.54. The van der Waals surface area contributed by atoms with Gasteiger partial charge in [0.15, 0.2) is 17.4 Å². The number of aromatic hydroxyl groups is 1. The average Bonchev–Trinajstić information content (AvgIpc) is 4.21. The molecule has 6 aromatic rings. The number of para-hydroxylation sites is 1. The SMILES string of the molecule is Cc1ncsc1-c1ccc([C@H](C)NC(=O)[C@@H]2C[C@@H](O)CN2C(=O)[C@H](c2cc(N3CCN(C(=O)C4CC(Oc5cc(N6C7CC[C@@H]6CN(c6cc(-c8ccccc8O)nnc6N)C7)ccn5)C4)CC3)no2)C(C)C)cc1. The molecule has 4 saturated heterocycles. The van der Waals surface area contributed by atoms with Crippen LogP contribution in [0.25, 0.3) is 21.7 Å². The van der Waals surface area contributed by atoms with Crippen molar-refractivity contribution in [3.05, 3.63) is 102 Å². The van der Waals surface area contributed by atoms with Crippen molar-refractivity contribution in [2.75, 3.05) is 66.2 Å². The molecule has 75 heavy (non-hydrogen) atoms. The monoisotopic (exact) mass is 1040 g/mol. The molecule has 6 atom stereocenters. The summed E-state index contributed by atoms with van der Waals surface area (Å²) < 4.78 is 12.3. The first-order chi connectivity index (χ1) is 36.3. The second-order valence-electron chi connectivity index (χ2n) is 21.1. The van der Waals surface area contributed by atoms with E-state index in [1.165, 1.54) is 4.90 Å². The third-order valence-electron chi connectivity index (χ3n) is 15.9. The molecule has 1 unspecified atom stereocenters. The molecule has 19 nitrogen and oxygen atoms in total. The topological polar surface area (TPSA) is 233 Å². The molecular weight excluding hydrogens is 973 g/mol. The van der Waals surface area contributed by atoms with Crippen LogP contribution in [-0.4, -0.2) is 139 Å². The largest absolute Gasteiger partial charge is 0.507 e. The van der Waals surface area contributed by atoms with Crippen LogP contribution in [0.5, 0.6) is 11.6 Å². The highest BCUT2D eigenvalue weighted by atomic mass is 32.1. The number of pyridine rings is 1. The highest BCUT2D eigenvalue weighted by Crippen LogP contribution is 2.41. The molecule has 0 spiro atoms. The molecule has 5 fully saturated rings. The van der Waals surface area contributed by atoms with Crippen molar-refractivity contribution in [2.24, 2.45) is 11.8 Å². The van der Waals surface area contributed by atoms with E-state index < -0.39 is 18.1 Å². The van der Waals surface area contributed by atoms with Gasteiger partial charge in [0.2, 0.25) is 23.6 Å². The molecule has 1 aliphatic carbocycles. The fourth-order valence-electron chi connectivity index (χ4n) is 11.8. The number of ether oxygens (including phenoxy) is 1. The first kappa shape index (κ1) is 49.9. The number of hydrogen-bond acceptors (Lipinski definition) is 17. The number of carbonyl (C=O) groups is 3. The van der Waals surface area contributed by atoms with E-state index >= 15 is 0 Å². The molecule has 20 heteroatoms. The number of nitrogens with one attached hydrogen (secondary N) is 1. The fourth-order valence-corrected chi connectivity index (χ4v) is 12.6. The predicted octanol–water partition coefficient (Wildman–Crippen LogP) is 6.19. The summed E-state index contributed by atoms with van der Waals surface area (Å²) in [4.78, 5) is 62.2. The number of anilines is 4. The minimum atomic E-state index is -0.843. The van der Waals surface area contributed by atoms with Crippen LogP contribution in [0.4, 0.5) is 23.0 Å². The number of β-amino-alcohol motifs (C(OH)–C–C–N with tert-alkyl or cyclic N) is 1. The molecular formula is C55H64N12O7S. The number of amides is 3. The van der Waals surface area contributed by atoms with Crippen LogP contribution < -0.4 is 30.5 Å². The maximum Gasteiger partial charge on any atom is 0.243 e. The van der Waals surface area contributed by atoms with Crippen molar-refractivity contribution in [1.82, 2.24) is 40.4 Å². The van der Waals surface area contributed by atoms with Gasteiger partial charge in [-0.25, -0.2) is 9.97 Å². The highest BCUT2D eigenvalue weighted by Gasteiger charge is 2.45. The number of rotatable bonds is 14.